The van der Waals surface area contributed by atoms with Crippen molar-refractivity contribution in [2.24, 2.45) is 5.92 Å². The van der Waals surface area contributed by atoms with Crippen molar-refractivity contribution in [2.75, 3.05) is 27.2 Å². The van der Waals surface area contributed by atoms with Gasteiger partial charge in [0.15, 0.2) is 0 Å². The van der Waals surface area contributed by atoms with E-state index in [-0.39, 0.29) is 24.4 Å². The lowest BCUT2D eigenvalue weighted by Crippen LogP contribution is -2.44. The molecule has 0 heterocycles. The van der Waals surface area contributed by atoms with Crippen molar-refractivity contribution >= 4 is 24.4 Å². The Balaban J connectivity index is 0.00000392. The van der Waals surface area contributed by atoms with E-state index in [4.69, 9.17) is 0 Å². The van der Waals surface area contributed by atoms with Crippen molar-refractivity contribution in [1.82, 2.24) is 9.80 Å². The summed E-state index contributed by atoms with van der Waals surface area (Å²) >= 11 is 0. The summed E-state index contributed by atoms with van der Waals surface area (Å²) in [4.78, 5) is 16.7. The molecular formula is C21H30ClF3N2O. The van der Waals surface area contributed by atoms with E-state index in [1.165, 1.54) is 18.2 Å². The molecule has 0 atom stereocenters. The van der Waals surface area contributed by atoms with Crippen LogP contribution in [0.2, 0.25) is 0 Å². The minimum atomic E-state index is -4.38. The summed E-state index contributed by atoms with van der Waals surface area (Å²) in [6.45, 7) is 3.61. The number of carbonyl (C=O) groups is 1. The van der Waals surface area contributed by atoms with Gasteiger partial charge in [-0.1, -0.05) is 19.1 Å². The zero-order chi connectivity index (χ0) is 20.0. The van der Waals surface area contributed by atoms with Crippen molar-refractivity contribution < 1.29 is 18.0 Å². The molecule has 1 aromatic rings. The van der Waals surface area contributed by atoms with Crippen LogP contribution in [0.15, 0.2) is 30.3 Å². The normalized spacial score (nSPS) is 20.2. The number of amides is 1. The van der Waals surface area contributed by atoms with Crippen LogP contribution in [0.4, 0.5) is 13.2 Å². The fourth-order valence-electron chi connectivity index (χ4n) is 3.42. The van der Waals surface area contributed by atoms with Crippen LogP contribution in [0, 0.1) is 5.92 Å². The number of benzene rings is 1. The number of alkyl halides is 3. The molecule has 7 heteroatoms. The quantitative estimate of drug-likeness (QED) is 0.599. The van der Waals surface area contributed by atoms with Gasteiger partial charge in [-0.25, -0.2) is 0 Å². The molecule has 0 spiro atoms. The van der Waals surface area contributed by atoms with Crippen LogP contribution in [0.3, 0.4) is 0 Å². The summed E-state index contributed by atoms with van der Waals surface area (Å²) in [5, 5.41) is 0. The first-order chi connectivity index (χ1) is 12.7. The molecule has 158 valence electrons. The summed E-state index contributed by atoms with van der Waals surface area (Å²) in [6.07, 6.45) is 2.68. The molecule has 0 unspecified atom stereocenters. The monoisotopic (exact) mass is 418 g/mol. The average molecular weight is 419 g/mol. The highest BCUT2D eigenvalue weighted by Crippen LogP contribution is 2.30. The molecule has 1 fully saturated rings. The van der Waals surface area contributed by atoms with Crippen LogP contribution in [-0.2, 0) is 11.0 Å². The molecule has 28 heavy (non-hydrogen) atoms. The van der Waals surface area contributed by atoms with E-state index in [1.54, 1.807) is 6.07 Å². The Morgan fingerprint density at radius 3 is 2.36 bits per heavy atom. The van der Waals surface area contributed by atoms with Crippen LogP contribution in [0.5, 0.6) is 0 Å². The van der Waals surface area contributed by atoms with Gasteiger partial charge in [-0.15, -0.1) is 12.4 Å². The van der Waals surface area contributed by atoms with Crippen molar-refractivity contribution in [3.8, 4) is 0 Å². The molecule has 1 aliphatic carbocycles. The van der Waals surface area contributed by atoms with Gasteiger partial charge in [0, 0.05) is 25.2 Å². The Bertz CT molecular complexity index is 653. The van der Waals surface area contributed by atoms with Gasteiger partial charge >= 0.3 is 6.18 Å². The number of likely N-dealkylation sites (N-methyl/N-ethyl adjacent to an activating group) is 1. The van der Waals surface area contributed by atoms with Crippen molar-refractivity contribution in [3.05, 3.63) is 41.5 Å². The molecular weight excluding hydrogens is 389 g/mol. The van der Waals surface area contributed by atoms with Gasteiger partial charge in [0.05, 0.1) is 5.56 Å². The van der Waals surface area contributed by atoms with E-state index in [2.05, 4.69) is 6.92 Å². The van der Waals surface area contributed by atoms with Gasteiger partial charge in [0.25, 0.3) is 0 Å². The Hall–Kier alpha value is -1.53. The van der Waals surface area contributed by atoms with E-state index < -0.39 is 11.7 Å². The first-order valence-corrected chi connectivity index (χ1v) is 9.47. The highest BCUT2D eigenvalue weighted by Gasteiger charge is 2.30. The molecule has 1 amide bonds. The van der Waals surface area contributed by atoms with Gasteiger partial charge in [0.1, 0.15) is 0 Å². The molecule has 0 aromatic heterocycles. The third-order valence-corrected chi connectivity index (χ3v) is 5.13. The molecule has 0 radical (unpaired) electrons. The molecule has 3 nitrogen and oxygen atoms in total. The lowest BCUT2D eigenvalue weighted by Gasteiger charge is -2.36. The van der Waals surface area contributed by atoms with Crippen molar-refractivity contribution in [1.29, 1.82) is 0 Å². The van der Waals surface area contributed by atoms with Crippen LogP contribution >= 0.6 is 12.4 Å². The second kappa shape index (κ2) is 10.9. The summed E-state index contributed by atoms with van der Waals surface area (Å²) < 4.78 is 38.5. The number of hydrogen-bond donors (Lipinski definition) is 0. The first kappa shape index (κ1) is 24.5. The maximum atomic E-state index is 12.8. The highest BCUT2D eigenvalue weighted by molar-refractivity contribution is 5.92. The van der Waals surface area contributed by atoms with Crippen LogP contribution < -0.4 is 0 Å². The smallest absolute Gasteiger partial charge is 0.335 e. The maximum absolute atomic E-state index is 12.8. The van der Waals surface area contributed by atoms with Crippen molar-refractivity contribution in [2.45, 2.75) is 44.8 Å². The van der Waals surface area contributed by atoms with Gasteiger partial charge < -0.3 is 9.80 Å². The molecule has 1 saturated carbocycles. The summed E-state index contributed by atoms with van der Waals surface area (Å²) in [5.74, 6) is 0.557. The fraction of sp³-hybridized carbons (Fsp3) is 0.571. The van der Waals surface area contributed by atoms with Gasteiger partial charge in [-0.05, 0) is 69.5 Å². The molecule has 2 rings (SSSR count). The predicted octanol–water partition coefficient (Wildman–Crippen LogP) is 5.11. The molecule has 1 aliphatic rings. The van der Waals surface area contributed by atoms with E-state index in [9.17, 15) is 18.0 Å². The van der Waals surface area contributed by atoms with Crippen LogP contribution in [0.25, 0.3) is 6.08 Å². The zero-order valence-corrected chi connectivity index (χ0v) is 17.5. The standard InChI is InChI=1S/C21H29F3N2O.ClH/c1-16-7-10-19(11-8-16)26(14-13-25(2)3)20(27)12-9-17-5-4-6-18(15-17)21(22,23)24;/h4-6,9,12,15-16,19H,7-8,10-11,13-14H2,1-3H3;1H/b12-9+;/t16-,19-;. The predicted molar refractivity (Wildman–Crippen MR) is 109 cm³/mol. The lowest BCUT2D eigenvalue weighted by molar-refractivity contribution is -0.137. The summed E-state index contributed by atoms with van der Waals surface area (Å²) in [7, 11) is 3.92. The molecule has 0 aliphatic heterocycles. The van der Waals surface area contributed by atoms with E-state index in [0.29, 0.717) is 18.0 Å². The largest absolute Gasteiger partial charge is 0.416 e. The second-order valence-electron chi connectivity index (χ2n) is 7.71. The Morgan fingerprint density at radius 2 is 1.79 bits per heavy atom. The Morgan fingerprint density at radius 1 is 1.14 bits per heavy atom. The summed E-state index contributed by atoms with van der Waals surface area (Å²) in [6, 6.07) is 5.24. The third kappa shape index (κ3) is 7.47. The minimum Gasteiger partial charge on any atom is -0.335 e. The topological polar surface area (TPSA) is 23.6 Å². The number of halogens is 4. The second-order valence-corrected chi connectivity index (χ2v) is 7.71. The van der Waals surface area contributed by atoms with Crippen molar-refractivity contribution in [3.63, 3.8) is 0 Å². The SMILES string of the molecule is CN(C)CCN(C(=O)/C=C/c1cccc(C(F)(F)F)c1)[C@H]1CC[C@H](C)CC1.Cl. The van der Waals surface area contributed by atoms with E-state index >= 15 is 0 Å². The first-order valence-electron chi connectivity index (χ1n) is 9.47. The fourth-order valence-corrected chi connectivity index (χ4v) is 3.42. The van der Waals surface area contributed by atoms with Crippen LogP contribution in [0.1, 0.15) is 43.7 Å². The number of rotatable bonds is 6. The molecule has 0 N–H and O–H groups in total. The van der Waals surface area contributed by atoms with E-state index in [1.807, 2.05) is 23.9 Å². The number of nitrogens with zero attached hydrogens (tertiary/aromatic N) is 2. The maximum Gasteiger partial charge on any atom is 0.416 e. The third-order valence-electron chi connectivity index (χ3n) is 5.13. The molecule has 0 bridgehead atoms. The Kier molecular flexibility index (Phi) is 9.51. The Labute approximate surface area is 172 Å². The van der Waals surface area contributed by atoms with Gasteiger partial charge in [-0.3, -0.25) is 4.79 Å². The lowest BCUT2D eigenvalue weighted by atomic mass is 9.86. The number of carbonyl (C=O) groups excluding carboxylic acids is 1. The molecule has 1 aromatic carbocycles. The van der Waals surface area contributed by atoms with Gasteiger partial charge in [0.2, 0.25) is 5.91 Å². The van der Waals surface area contributed by atoms with Gasteiger partial charge in [-0.2, -0.15) is 13.2 Å². The van der Waals surface area contributed by atoms with Crippen LogP contribution in [-0.4, -0.2) is 48.9 Å². The average Bonchev–Trinajstić information content (AvgIpc) is 2.61. The molecule has 0 saturated heterocycles. The summed E-state index contributed by atoms with van der Waals surface area (Å²) in [5.41, 5.74) is -0.328. The highest BCUT2D eigenvalue weighted by atomic mass is 35.5. The minimum absolute atomic E-state index is 0. The number of hydrogen-bond acceptors (Lipinski definition) is 2. The van der Waals surface area contributed by atoms with E-state index in [0.717, 1.165) is 44.4 Å². The zero-order valence-electron chi connectivity index (χ0n) is 16.7.